The summed E-state index contributed by atoms with van der Waals surface area (Å²) in [5.41, 5.74) is 23.2. The van der Waals surface area contributed by atoms with Crippen molar-refractivity contribution in [3.05, 3.63) is 108 Å². The van der Waals surface area contributed by atoms with E-state index in [1.165, 1.54) is 0 Å². The maximum atomic E-state index is 14.3. The van der Waals surface area contributed by atoms with Crippen molar-refractivity contribution in [1.82, 2.24) is 31.9 Å². The van der Waals surface area contributed by atoms with Gasteiger partial charge in [0, 0.05) is 25.8 Å². The van der Waals surface area contributed by atoms with E-state index in [4.69, 9.17) is 22.9 Å². The van der Waals surface area contributed by atoms with Crippen LogP contribution in [0.3, 0.4) is 0 Å². The van der Waals surface area contributed by atoms with Gasteiger partial charge in [0.05, 0.1) is 13.1 Å². The first-order valence-corrected chi connectivity index (χ1v) is 19.9. The van der Waals surface area contributed by atoms with Crippen molar-refractivity contribution >= 4 is 47.3 Å². The van der Waals surface area contributed by atoms with Gasteiger partial charge in [-0.2, -0.15) is 0 Å². The number of amides is 7. The first kappa shape index (κ1) is 48.5. The van der Waals surface area contributed by atoms with Crippen LogP contribution in [-0.4, -0.2) is 97.2 Å². The number of hydrogen-bond acceptors (Lipinski definition) is 9. The number of benzene rings is 3. The summed E-state index contributed by atoms with van der Waals surface area (Å²) in [6.07, 6.45) is 0.441. The number of rotatable bonds is 23. The predicted molar refractivity (Wildman–Crippen MR) is 231 cm³/mol. The Balaban J connectivity index is 1.90. The summed E-state index contributed by atoms with van der Waals surface area (Å²) >= 11 is 0. The van der Waals surface area contributed by atoms with Crippen LogP contribution in [0.4, 0.5) is 0 Å². The van der Waals surface area contributed by atoms with Gasteiger partial charge in [0.2, 0.25) is 41.4 Å². The molecule has 0 aliphatic carbocycles. The third-order valence-electron chi connectivity index (χ3n) is 9.42. The molecule has 0 saturated heterocycles. The fourth-order valence-electron chi connectivity index (χ4n) is 6.18. The number of nitrogens with two attached hydrogens (primary N) is 4. The molecular weight excluding hydrogens is 783 g/mol. The van der Waals surface area contributed by atoms with Crippen molar-refractivity contribution in [2.45, 2.75) is 83.1 Å². The second-order valence-electron chi connectivity index (χ2n) is 15.5. The molecule has 0 radical (unpaired) electrons. The Morgan fingerprint density at radius 3 is 1.44 bits per heavy atom. The minimum Gasteiger partial charge on any atom is -0.370 e. The zero-order valence-corrected chi connectivity index (χ0v) is 34.8. The van der Waals surface area contributed by atoms with E-state index < -0.39 is 83.5 Å². The molecule has 0 spiro atoms. The zero-order valence-electron chi connectivity index (χ0n) is 34.8. The SMILES string of the molecule is CC(C)(C)[C@H](NC(=O)[C@H](Cc1ccccc1)NC(=O)CNC(=O)CN)C(=O)N[C@@H](Cc1ccccc1)C(=O)N[C@@H](CCCN=C(N)N)C(=O)N[C@@H](Cc1ccccc1)C(N)=O. The van der Waals surface area contributed by atoms with Crippen molar-refractivity contribution < 1.29 is 33.6 Å². The Kier molecular flexibility index (Phi) is 19.3. The average molecular weight is 842 g/mol. The number of hydrogen-bond donors (Lipinski definition) is 10. The van der Waals surface area contributed by atoms with Crippen molar-refractivity contribution in [1.29, 1.82) is 0 Å². The number of aliphatic imine (C=N–C) groups is 1. The molecule has 0 heterocycles. The van der Waals surface area contributed by atoms with E-state index in [2.05, 4.69) is 36.9 Å². The average Bonchev–Trinajstić information content (AvgIpc) is 3.22. The standard InChI is InChI=1S/C43H59N11O7/c1-43(2,3)36(54-40(60)32(23-28-16-9-5-10-17-28)50-35(56)26-49-34(55)25-44)41(61)53-33(24-29-18-11-6-12-19-29)39(59)51-30(20-13-21-48-42(46)47)38(58)52-31(37(45)57)22-27-14-7-4-8-15-27/h4-12,14-19,30-33,36H,13,20-26,44H2,1-3H3,(H2,45,57)(H,49,55)(H,50,56)(H,51,59)(H,52,58)(H,53,61)(H,54,60)(H4,46,47,48)/t30-,31-,32-,33-,36+/m0/s1. The molecule has 0 saturated carbocycles. The highest BCUT2D eigenvalue weighted by Gasteiger charge is 2.37. The molecule has 18 nitrogen and oxygen atoms in total. The monoisotopic (exact) mass is 841 g/mol. The molecule has 0 aliphatic rings. The van der Waals surface area contributed by atoms with Gasteiger partial charge >= 0.3 is 0 Å². The third-order valence-corrected chi connectivity index (χ3v) is 9.42. The van der Waals surface area contributed by atoms with Crippen LogP contribution >= 0.6 is 0 Å². The van der Waals surface area contributed by atoms with Gasteiger partial charge in [0.25, 0.3) is 0 Å². The molecule has 7 amide bonds. The topological polar surface area (TPSA) is 308 Å². The van der Waals surface area contributed by atoms with Crippen LogP contribution in [0.15, 0.2) is 96.0 Å². The molecule has 0 aliphatic heterocycles. The summed E-state index contributed by atoms with van der Waals surface area (Å²) in [4.78, 5) is 97.4. The highest BCUT2D eigenvalue weighted by molar-refractivity contribution is 5.97. The molecule has 3 aromatic rings. The molecule has 328 valence electrons. The predicted octanol–water partition coefficient (Wildman–Crippen LogP) is -1.20. The summed E-state index contributed by atoms with van der Waals surface area (Å²) < 4.78 is 0. The van der Waals surface area contributed by atoms with E-state index in [1.807, 2.05) is 6.07 Å². The van der Waals surface area contributed by atoms with Crippen molar-refractivity contribution in [3.63, 3.8) is 0 Å². The summed E-state index contributed by atoms with van der Waals surface area (Å²) in [5, 5.41) is 16.0. The van der Waals surface area contributed by atoms with Crippen molar-refractivity contribution in [3.8, 4) is 0 Å². The summed E-state index contributed by atoms with van der Waals surface area (Å²) in [6, 6.07) is 20.7. The molecular formula is C43H59N11O7. The zero-order chi connectivity index (χ0) is 45.0. The van der Waals surface area contributed by atoms with Gasteiger partial charge in [-0.1, -0.05) is 112 Å². The number of nitrogens with one attached hydrogen (secondary N) is 6. The largest absolute Gasteiger partial charge is 0.370 e. The van der Waals surface area contributed by atoms with Crippen molar-refractivity contribution in [2.24, 2.45) is 33.3 Å². The van der Waals surface area contributed by atoms with E-state index >= 15 is 0 Å². The fourth-order valence-corrected chi connectivity index (χ4v) is 6.18. The first-order chi connectivity index (χ1) is 29.0. The molecule has 14 N–H and O–H groups in total. The number of carbonyl (C=O) groups is 7. The second-order valence-corrected chi connectivity index (χ2v) is 15.5. The Hall–Kier alpha value is -6.82. The van der Waals surface area contributed by atoms with Gasteiger partial charge in [-0.25, -0.2) is 0 Å². The highest BCUT2D eigenvalue weighted by Crippen LogP contribution is 2.21. The minimum absolute atomic E-state index is 0.00924. The Labute approximate surface area is 355 Å². The maximum Gasteiger partial charge on any atom is 0.243 e. The summed E-state index contributed by atoms with van der Waals surface area (Å²) in [6.45, 7) is 4.54. The van der Waals surface area contributed by atoms with Gasteiger partial charge in [-0.3, -0.25) is 38.6 Å². The van der Waals surface area contributed by atoms with Gasteiger partial charge in [-0.05, 0) is 34.9 Å². The van der Waals surface area contributed by atoms with Gasteiger partial charge < -0.3 is 54.8 Å². The molecule has 0 unspecified atom stereocenters. The van der Waals surface area contributed by atoms with E-state index in [0.29, 0.717) is 11.1 Å². The minimum atomic E-state index is -1.27. The molecule has 0 bridgehead atoms. The highest BCUT2D eigenvalue weighted by atomic mass is 16.2. The Bertz CT molecular complexity index is 1960. The molecule has 18 heteroatoms. The molecule has 61 heavy (non-hydrogen) atoms. The second kappa shape index (κ2) is 24.3. The number of guanidine groups is 1. The Morgan fingerprint density at radius 2 is 0.984 bits per heavy atom. The lowest BCUT2D eigenvalue weighted by Gasteiger charge is -2.33. The lowest BCUT2D eigenvalue weighted by molar-refractivity contribution is -0.136. The van der Waals surface area contributed by atoms with E-state index in [1.54, 1.807) is 106 Å². The molecule has 3 aromatic carbocycles. The molecule has 5 atom stereocenters. The van der Waals surface area contributed by atoms with Gasteiger partial charge in [0.1, 0.15) is 30.2 Å². The third kappa shape index (κ3) is 17.5. The molecule has 0 fully saturated rings. The molecule has 0 aromatic heterocycles. The summed E-state index contributed by atoms with van der Waals surface area (Å²) in [7, 11) is 0. The van der Waals surface area contributed by atoms with Crippen LogP contribution in [0.5, 0.6) is 0 Å². The van der Waals surface area contributed by atoms with Crippen LogP contribution in [0, 0.1) is 5.41 Å². The number of primary amides is 1. The smallest absolute Gasteiger partial charge is 0.243 e. The van der Waals surface area contributed by atoms with Gasteiger partial charge in [0.15, 0.2) is 5.96 Å². The normalized spacial score (nSPS) is 13.4. The van der Waals surface area contributed by atoms with Crippen LogP contribution < -0.4 is 54.8 Å². The number of carbonyl (C=O) groups excluding carboxylic acids is 7. The van der Waals surface area contributed by atoms with Crippen LogP contribution in [0.2, 0.25) is 0 Å². The number of nitrogens with zero attached hydrogens (tertiary/aromatic N) is 1. The van der Waals surface area contributed by atoms with E-state index in [0.717, 1.165) is 5.56 Å². The lowest BCUT2D eigenvalue weighted by atomic mass is 9.85. The van der Waals surface area contributed by atoms with Crippen LogP contribution in [0.1, 0.15) is 50.3 Å². The van der Waals surface area contributed by atoms with E-state index in [-0.39, 0.29) is 51.2 Å². The Morgan fingerprint density at radius 1 is 0.557 bits per heavy atom. The summed E-state index contributed by atoms with van der Waals surface area (Å²) in [5.74, 6) is -5.00. The molecule has 3 rings (SSSR count). The lowest BCUT2D eigenvalue weighted by Crippen LogP contribution is -2.62. The van der Waals surface area contributed by atoms with Gasteiger partial charge in [-0.15, -0.1) is 0 Å². The van der Waals surface area contributed by atoms with Crippen molar-refractivity contribution in [2.75, 3.05) is 19.6 Å². The van der Waals surface area contributed by atoms with Crippen LogP contribution in [0.25, 0.3) is 0 Å². The van der Waals surface area contributed by atoms with Crippen LogP contribution in [-0.2, 0) is 52.8 Å². The maximum absolute atomic E-state index is 14.3. The quantitative estimate of drug-likeness (QED) is 0.0309. The van der Waals surface area contributed by atoms with E-state index in [9.17, 15) is 33.6 Å². The first-order valence-electron chi connectivity index (χ1n) is 19.9. The fraction of sp³-hybridized carbons (Fsp3) is 0.395.